The van der Waals surface area contributed by atoms with Crippen LogP contribution in [0.5, 0.6) is 0 Å². The maximum absolute atomic E-state index is 12.7. The van der Waals surface area contributed by atoms with Gasteiger partial charge >= 0.3 is 0 Å². The second kappa shape index (κ2) is 11.9. The van der Waals surface area contributed by atoms with E-state index in [0.29, 0.717) is 11.9 Å². The summed E-state index contributed by atoms with van der Waals surface area (Å²) in [6.45, 7) is 4.57. The summed E-state index contributed by atoms with van der Waals surface area (Å²) in [6.07, 6.45) is 8.90. The van der Waals surface area contributed by atoms with Gasteiger partial charge in [-0.05, 0) is 32.6 Å². The van der Waals surface area contributed by atoms with Gasteiger partial charge in [0.2, 0.25) is 5.91 Å². The highest BCUT2D eigenvalue weighted by Crippen LogP contribution is 2.26. The second-order valence-electron chi connectivity index (χ2n) is 7.73. The molecular weight excluding hydrogens is 485 g/mol. The van der Waals surface area contributed by atoms with Crippen LogP contribution >= 0.6 is 35.3 Å². The van der Waals surface area contributed by atoms with Crippen LogP contribution in [0.3, 0.4) is 0 Å². The summed E-state index contributed by atoms with van der Waals surface area (Å²) in [7, 11) is 1.80. The molecule has 2 N–H and O–H groups in total. The highest BCUT2D eigenvalue weighted by Gasteiger charge is 2.31. The number of amides is 1. The zero-order valence-corrected chi connectivity index (χ0v) is 20.2. The molecule has 1 unspecified atom stereocenters. The second-order valence-corrected chi connectivity index (χ2v) is 8.68. The Morgan fingerprint density at radius 3 is 2.79 bits per heavy atom. The number of thiazole rings is 1. The van der Waals surface area contributed by atoms with E-state index in [1.165, 1.54) is 24.3 Å². The van der Waals surface area contributed by atoms with Crippen LogP contribution < -0.4 is 10.6 Å². The standard InChI is InChI=1S/C20H33N5OS.HI/c1-15-14-27-18(23-15)9-6-11-22-20(21-2)24-17-10-12-25(13-17)19(26)16-7-4-3-5-8-16;/h14,16-17H,3-13H2,1-2H3,(H2,21,22,24);1H. The van der Waals surface area contributed by atoms with Crippen molar-refractivity contribution in [2.24, 2.45) is 10.9 Å². The van der Waals surface area contributed by atoms with Gasteiger partial charge in [0.05, 0.1) is 5.01 Å². The summed E-state index contributed by atoms with van der Waals surface area (Å²) in [4.78, 5) is 23.6. The Hall–Kier alpha value is -0.900. The number of hydrogen-bond donors (Lipinski definition) is 2. The molecular formula is C20H34IN5OS. The number of halogens is 1. The molecule has 6 nitrogen and oxygen atoms in total. The largest absolute Gasteiger partial charge is 0.356 e. The van der Waals surface area contributed by atoms with Crippen molar-refractivity contribution in [3.63, 3.8) is 0 Å². The Kier molecular flexibility index (Phi) is 9.98. The molecule has 1 atom stereocenters. The number of hydrogen-bond acceptors (Lipinski definition) is 4. The van der Waals surface area contributed by atoms with E-state index in [4.69, 9.17) is 0 Å². The lowest BCUT2D eigenvalue weighted by Crippen LogP contribution is -2.45. The number of carbonyl (C=O) groups is 1. The van der Waals surface area contributed by atoms with E-state index in [0.717, 1.165) is 63.4 Å². The van der Waals surface area contributed by atoms with E-state index >= 15 is 0 Å². The van der Waals surface area contributed by atoms with Crippen LogP contribution in [0.25, 0.3) is 0 Å². The van der Waals surface area contributed by atoms with Gasteiger partial charge < -0.3 is 15.5 Å². The van der Waals surface area contributed by atoms with Crippen LogP contribution in [0.2, 0.25) is 0 Å². The first-order valence-corrected chi connectivity index (χ1v) is 11.2. The molecule has 2 aliphatic rings. The number of nitrogens with one attached hydrogen (secondary N) is 2. The molecule has 0 radical (unpaired) electrons. The van der Waals surface area contributed by atoms with Gasteiger partial charge in [-0.15, -0.1) is 35.3 Å². The van der Waals surface area contributed by atoms with Crippen LogP contribution in [-0.4, -0.2) is 54.5 Å². The molecule has 1 aromatic rings. The minimum Gasteiger partial charge on any atom is -0.356 e. The van der Waals surface area contributed by atoms with E-state index in [2.05, 4.69) is 30.9 Å². The third-order valence-corrected chi connectivity index (χ3v) is 6.57. The number of carbonyl (C=O) groups excluding carboxylic acids is 1. The van der Waals surface area contributed by atoms with Crippen molar-refractivity contribution < 1.29 is 4.79 Å². The summed E-state index contributed by atoms with van der Waals surface area (Å²) in [5.41, 5.74) is 1.11. The number of aryl methyl sites for hydroxylation is 2. The predicted octanol–water partition coefficient (Wildman–Crippen LogP) is 3.35. The van der Waals surface area contributed by atoms with Gasteiger partial charge in [-0.2, -0.15) is 0 Å². The van der Waals surface area contributed by atoms with Crippen molar-refractivity contribution in [3.8, 4) is 0 Å². The first kappa shape index (κ1) is 23.4. The molecule has 1 aliphatic heterocycles. The topological polar surface area (TPSA) is 69.6 Å². The number of aliphatic imine (C=N–C) groups is 1. The number of guanidine groups is 1. The maximum Gasteiger partial charge on any atom is 0.225 e. The van der Waals surface area contributed by atoms with Crippen molar-refractivity contribution in [2.45, 2.75) is 64.3 Å². The van der Waals surface area contributed by atoms with Gasteiger partial charge in [0.1, 0.15) is 0 Å². The van der Waals surface area contributed by atoms with Crippen molar-refractivity contribution in [3.05, 3.63) is 16.1 Å². The fourth-order valence-corrected chi connectivity index (χ4v) is 4.86. The highest BCUT2D eigenvalue weighted by molar-refractivity contribution is 14.0. The first-order chi connectivity index (χ1) is 13.2. The fraction of sp³-hybridized carbons (Fsp3) is 0.750. The third kappa shape index (κ3) is 6.86. The Bertz CT molecular complexity index is 644. The summed E-state index contributed by atoms with van der Waals surface area (Å²) in [6, 6.07) is 0.297. The van der Waals surface area contributed by atoms with Crippen LogP contribution in [-0.2, 0) is 11.2 Å². The number of nitrogens with zero attached hydrogens (tertiary/aromatic N) is 3. The van der Waals surface area contributed by atoms with E-state index < -0.39 is 0 Å². The molecule has 28 heavy (non-hydrogen) atoms. The zero-order chi connectivity index (χ0) is 19.1. The third-order valence-electron chi connectivity index (χ3n) is 5.55. The Labute approximate surface area is 190 Å². The molecule has 0 bridgehead atoms. The minimum absolute atomic E-state index is 0. The lowest BCUT2D eigenvalue weighted by Gasteiger charge is -2.26. The van der Waals surface area contributed by atoms with Crippen LogP contribution in [0.1, 0.15) is 55.6 Å². The lowest BCUT2D eigenvalue weighted by molar-refractivity contribution is -0.135. The fourth-order valence-electron chi connectivity index (χ4n) is 4.04. The number of aromatic nitrogens is 1. The SMILES string of the molecule is CN=C(NCCCc1nc(C)cs1)NC1CCN(C(=O)C2CCCCC2)C1.I. The monoisotopic (exact) mass is 519 g/mol. The van der Waals surface area contributed by atoms with Gasteiger partial charge in [0, 0.05) is 56.1 Å². The zero-order valence-electron chi connectivity index (χ0n) is 17.1. The first-order valence-electron chi connectivity index (χ1n) is 10.3. The molecule has 1 amide bonds. The average Bonchev–Trinajstić information content (AvgIpc) is 3.33. The van der Waals surface area contributed by atoms with Crippen LogP contribution in [0.4, 0.5) is 0 Å². The molecule has 158 valence electrons. The van der Waals surface area contributed by atoms with Gasteiger partial charge in [0.25, 0.3) is 0 Å². The molecule has 1 aliphatic carbocycles. The smallest absolute Gasteiger partial charge is 0.225 e. The van der Waals surface area contributed by atoms with E-state index in [1.807, 2.05) is 6.92 Å². The molecule has 2 heterocycles. The molecule has 2 fully saturated rings. The highest BCUT2D eigenvalue weighted by atomic mass is 127. The Balaban J connectivity index is 0.00000280. The summed E-state index contributed by atoms with van der Waals surface area (Å²) >= 11 is 1.73. The predicted molar refractivity (Wildman–Crippen MR) is 127 cm³/mol. The van der Waals surface area contributed by atoms with E-state index in [9.17, 15) is 4.79 Å². The van der Waals surface area contributed by atoms with Crippen LogP contribution in [0, 0.1) is 12.8 Å². The lowest BCUT2D eigenvalue weighted by atomic mass is 9.88. The molecule has 1 saturated carbocycles. The van der Waals surface area contributed by atoms with Gasteiger partial charge in [0.15, 0.2) is 5.96 Å². The maximum atomic E-state index is 12.7. The molecule has 3 rings (SSSR count). The van der Waals surface area contributed by atoms with Crippen molar-refractivity contribution in [2.75, 3.05) is 26.7 Å². The van der Waals surface area contributed by atoms with Gasteiger partial charge in [-0.1, -0.05) is 19.3 Å². The van der Waals surface area contributed by atoms with E-state index in [1.54, 1.807) is 18.4 Å². The Morgan fingerprint density at radius 2 is 2.11 bits per heavy atom. The molecule has 1 aromatic heterocycles. The molecule has 0 spiro atoms. The van der Waals surface area contributed by atoms with Gasteiger partial charge in [-0.3, -0.25) is 9.79 Å². The molecule has 1 saturated heterocycles. The van der Waals surface area contributed by atoms with Crippen molar-refractivity contribution in [1.82, 2.24) is 20.5 Å². The molecule has 8 heteroatoms. The average molecular weight is 519 g/mol. The van der Waals surface area contributed by atoms with Crippen molar-refractivity contribution >= 4 is 47.2 Å². The van der Waals surface area contributed by atoms with Crippen LogP contribution in [0.15, 0.2) is 10.4 Å². The number of likely N-dealkylation sites (tertiary alicyclic amines) is 1. The minimum atomic E-state index is 0. The normalized spacial score (nSPS) is 20.7. The summed E-state index contributed by atoms with van der Waals surface area (Å²) in [5.74, 6) is 1.48. The molecule has 0 aromatic carbocycles. The number of rotatable bonds is 6. The van der Waals surface area contributed by atoms with E-state index in [-0.39, 0.29) is 29.9 Å². The summed E-state index contributed by atoms with van der Waals surface area (Å²) in [5, 5.41) is 10.2. The Morgan fingerprint density at radius 1 is 1.32 bits per heavy atom. The van der Waals surface area contributed by atoms with Gasteiger partial charge in [-0.25, -0.2) is 4.98 Å². The quantitative estimate of drug-likeness (QED) is 0.262. The van der Waals surface area contributed by atoms with Crippen molar-refractivity contribution in [1.29, 1.82) is 0 Å². The summed E-state index contributed by atoms with van der Waals surface area (Å²) < 4.78 is 0.